The zero-order chi connectivity index (χ0) is 15.9. The molecule has 2 aromatic rings. The average Bonchev–Trinajstić information content (AvgIpc) is 2.51. The fourth-order valence-corrected chi connectivity index (χ4v) is 2.08. The summed E-state index contributed by atoms with van der Waals surface area (Å²) in [4.78, 5) is 12.2. The minimum Gasteiger partial charge on any atom is -0.506 e. The SMILES string of the molecule is COCCNC(=O)c1ccccc1Nc1cc(Cl)ccc1O. The average molecular weight is 321 g/mol. The highest BCUT2D eigenvalue weighted by Crippen LogP contribution is 2.30. The van der Waals surface area contributed by atoms with Gasteiger partial charge in [0.1, 0.15) is 5.75 Å². The van der Waals surface area contributed by atoms with E-state index in [0.717, 1.165) is 0 Å². The second-order valence-corrected chi connectivity index (χ2v) is 5.02. The number of hydrogen-bond donors (Lipinski definition) is 3. The van der Waals surface area contributed by atoms with Crippen LogP contribution in [0.25, 0.3) is 0 Å². The van der Waals surface area contributed by atoms with Gasteiger partial charge in [-0.15, -0.1) is 0 Å². The summed E-state index contributed by atoms with van der Waals surface area (Å²) in [6.45, 7) is 0.864. The maximum Gasteiger partial charge on any atom is 0.253 e. The quantitative estimate of drug-likeness (QED) is 0.565. The highest BCUT2D eigenvalue weighted by molar-refractivity contribution is 6.31. The van der Waals surface area contributed by atoms with Gasteiger partial charge in [0.15, 0.2) is 0 Å². The van der Waals surface area contributed by atoms with Gasteiger partial charge >= 0.3 is 0 Å². The van der Waals surface area contributed by atoms with Crippen LogP contribution in [0.15, 0.2) is 42.5 Å². The fourth-order valence-electron chi connectivity index (χ4n) is 1.91. The Kier molecular flexibility index (Phi) is 5.63. The summed E-state index contributed by atoms with van der Waals surface area (Å²) in [5, 5.41) is 16.1. The third kappa shape index (κ3) is 4.13. The molecule has 0 heterocycles. The van der Waals surface area contributed by atoms with Crippen molar-refractivity contribution in [1.82, 2.24) is 5.32 Å². The van der Waals surface area contributed by atoms with E-state index in [1.807, 2.05) is 0 Å². The molecule has 2 aromatic carbocycles. The lowest BCUT2D eigenvalue weighted by Crippen LogP contribution is -2.27. The first-order valence-electron chi connectivity index (χ1n) is 6.73. The van der Waals surface area contributed by atoms with Gasteiger partial charge in [-0.2, -0.15) is 0 Å². The molecule has 0 aliphatic rings. The Bertz CT molecular complexity index is 662. The van der Waals surface area contributed by atoms with Crippen molar-refractivity contribution in [3.8, 4) is 5.75 Å². The molecule has 0 atom stereocenters. The standard InChI is InChI=1S/C16H17ClN2O3/c1-22-9-8-18-16(21)12-4-2-3-5-13(12)19-14-10-11(17)6-7-15(14)20/h2-7,10,19-20H,8-9H2,1H3,(H,18,21). The smallest absolute Gasteiger partial charge is 0.253 e. The van der Waals surface area contributed by atoms with Crippen molar-refractivity contribution >= 4 is 28.9 Å². The monoisotopic (exact) mass is 320 g/mol. The van der Waals surface area contributed by atoms with E-state index >= 15 is 0 Å². The molecule has 0 spiro atoms. The molecular formula is C16H17ClN2O3. The Hall–Kier alpha value is -2.24. The maximum absolute atomic E-state index is 12.2. The minimum atomic E-state index is -0.221. The van der Waals surface area contributed by atoms with Crippen LogP contribution in [0.5, 0.6) is 5.75 Å². The van der Waals surface area contributed by atoms with E-state index in [2.05, 4.69) is 10.6 Å². The number of carbonyl (C=O) groups excluding carboxylic acids is 1. The van der Waals surface area contributed by atoms with Gasteiger partial charge in [0.05, 0.1) is 23.5 Å². The Morgan fingerprint density at radius 2 is 2.00 bits per heavy atom. The molecule has 2 rings (SSSR count). The molecular weight excluding hydrogens is 304 g/mol. The normalized spacial score (nSPS) is 10.3. The predicted molar refractivity (Wildman–Crippen MR) is 87.1 cm³/mol. The molecule has 0 aromatic heterocycles. The zero-order valence-electron chi connectivity index (χ0n) is 12.1. The first kappa shape index (κ1) is 16.1. The second kappa shape index (κ2) is 7.68. The van der Waals surface area contributed by atoms with Crippen molar-refractivity contribution in [3.63, 3.8) is 0 Å². The number of carbonyl (C=O) groups is 1. The molecule has 0 fully saturated rings. The highest BCUT2D eigenvalue weighted by atomic mass is 35.5. The van der Waals surface area contributed by atoms with Crippen molar-refractivity contribution < 1.29 is 14.6 Å². The maximum atomic E-state index is 12.2. The van der Waals surface area contributed by atoms with E-state index in [1.54, 1.807) is 43.5 Å². The largest absolute Gasteiger partial charge is 0.506 e. The van der Waals surface area contributed by atoms with Crippen LogP contribution in [0.4, 0.5) is 11.4 Å². The molecule has 1 amide bonds. The number of methoxy groups -OCH3 is 1. The molecule has 3 N–H and O–H groups in total. The molecule has 0 unspecified atom stereocenters. The van der Waals surface area contributed by atoms with E-state index < -0.39 is 0 Å². The summed E-state index contributed by atoms with van der Waals surface area (Å²) in [6, 6.07) is 11.7. The van der Waals surface area contributed by atoms with Crippen LogP contribution in [-0.2, 0) is 4.74 Å². The van der Waals surface area contributed by atoms with Gasteiger partial charge in [-0.3, -0.25) is 4.79 Å². The summed E-state index contributed by atoms with van der Waals surface area (Å²) in [7, 11) is 1.57. The Morgan fingerprint density at radius 3 is 2.77 bits per heavy atom. The first-order valence-corrected chi connectivity index (χ1v) is 7.11. The van der Waals surface area contributed by atoms with Crippen LogP contribution >= 0.6 is 11.6 Å². The molecule has 0 aliphatic heterocycles. The lowest BCUT2D eigenvalue weighted by atomic mass is 10.1. The summed E-state index contributed by atoms with van der Waals surface area (Å²) in [6.07, 6.45) is 0. The number of halogens is 1. The molecule has 0 aliphatic carbocycles. The van der Waals surface area contributed by atoms with E-state index in [0.29, 0.717) is 35.1 Å². The van der Waals surface area contributed by atoms with Gasteiger partial charge < -0.3 is 20.5 Å². The number of rotatable bonds is 6. The number of nitrogens with one attached hydrogen (secondary N) is 2. The molecule has 0 radical (unpaired) electrons. The van der Waals surface area contributed by atoms with Gasteiger partial charge in [-0.25, -0.2) is 0 Å². The van der Waals surface area contributed by atoms with Crippen LogP contribution in [-0.4, -0.2) is 31.3 Å². The molecule has 5 nitrogen and oxygen atoms in total. The number of amides is 1. The van der Waals surface area contributed by atoms with Gasteiger partial charge in [-0.05, 0) is 30.3 Å². The highest BCUT2D eigenvalue weighted by Gasteiger charge is 2.12. The number of hydrogen-bond acceptors (Lipinski definition) is 4. The van der Waals surface area contributed by atoms with Crippen molar-refractivity contribution in [2.75, 3.05) is 25.6 Å². The van der Waals surface area contributed by atoms with E-state index in [-0.39, 0.29) is 11.7 Å². The molecule has 22 heavy (non-hydrogen) atoms. The number of phenolic OH excluding ortho intramolecular Hbond substituents is 1. The number of para-hydroxylation sites is 1. The number of anilines is 2. The van der Waals surface area contributed by atoms with Gasteiger partial charge in [0.25, 0.3) is 5.91 Å². The molecule has 116 valence electrons. The van der Waals surface area contributed by atoms with Crippen molar-refractivity contribution in [2.45, 2.75) is 0 Å². The molecule has 0 saturated carbocycles. The third-order valence-corrected chi connectivity index (χ3v) is 3.23. The van der Waals surface area contributed by atoms with Crippen LogP contribution in [0.3, 0.4) is 0 Å². The Labute approximate surface area is 133 Å². The van der Waals surface area contributed by atoms with Crippen molar-refractivity contribution in [2.24, 2.45) is 0 Å². The topological polar surface area (TPSA) is 70.6 Å². The number of benzene rings is 2. The molecule has 0 saturated heterocycles. The van der Waals surface area contributed by atoms with Crippen molar-refractivity contribution in [3.05, 3.63) is 53.1 Å². The summed E-state index contributed by atoms with van der Waals surface area (Å²) in [5.41, 5.74) is 1.48. The Balaban J connectivity index is 2.21. The number of ether oxygens (including phenoxy) is 1. The summed E-state index contributed by atoms with van der Waals surface area (Å²) in [5.74, 6) is -0.166. The third-order valence-electron chi connectivity index (χ3n) is 2.99. The van der Waals surface area contributed by atoms with Crippen LogP contribution < -0.4 is 10.6 Å². The lowest BCUT2D eigenvalue weighted by Gasteiger charge is -2.13. The van der Waals surface area contributed by atoms with Crippen LogP contribution in [0, 0.1) is 0 Å². The lowest BCUT2D eigenvalue weighted by molar-refractivity contribution is 0.0938. The molecule has 0 bridgehead atoms. The van der Waals surface area contributed by atoms with E-state index in [9.17, 15) is 9.90 Å². The summed E-state index contributed by atoms with van der Waals surface area (Å²) < 4.78 is 4.90. The number of phenols is 1. The minimum absolute atomic E-state index is 0.0546. The Morgan fingerprint density at radius 1 is 1.23 bits per heavy atom. The predicted octanol–water partition coefficient (Wildman–Crippen LogP) is 3.17. The van der Waals surface area contributed by atoms with Gasteiger partial charge in [-0.1, -0.05) is 23.7 Å². The zero-order valence-corrected chi connectivity index (χ0v) is 12.9. The van der Waals surface area contributed by atoms with Gasteiger partial charge in [0, 0.05) is 18.7 Å². The van der Waals surface area contributed by atoms with E-state index in [1.165, 1.54) is 6.07 Å². The van der Waals surface area contributed by atoms with Crippen LogP contribution in [0.1, 0.15) is 10.4 Å². The fraction of sp³-hybridized carbons (Fsp3) is 0.188. The summed E-state index contributed by atoms with van der Waals surface area (Å²) >= 11 is 5.93. The van der Waals surface area contributed by atoms with Gasteiger partial charge in [0.2, 0.25) is 0 Å². The number of aromatic hydroxyl groups is 1. The van der Waals surface area contributed by atoms with E-state index in [4.69, 9.17) is 16.3 Å². The molecule has 6 heteroatoms. The first-order chi connectivity index (χ1) is 10.6. The van der Waals surface area contributed by atoms with Crippen molar-refractivity contribution in [1.29, 1.82) is 0 Å². The second-order valence-electron chi connectivity index (χ2n) is 4.58. The van der Waals surface area contributed by atoms with Crippen LogP contribution in [0.2, 0.25) is 5.02 Å².